The van der Waals surface area contributed by atoms with Crippen LogP contribution in [0.15, 0.2) is 28.3 Å². The number of rotatable bonds is 3. The minimum Gasteiger partial charge on any atom is -0.350 e. The molecule has 1 heterocycles. The Morgan fingerprint density at radius 2 is 1.39 bits per heavy atom. The van der Waals surface area contributed by atoms with Crippen LogP contribution in [0.4, 0.5) is 5.69 Å². The summed E-state index contributed by atoms with van der Waals surface area (Å²) in [5.41, 5.74) is 1.12. The fraction of sp³-hybridized carbons (Fsp3) is 0.444. The van der Waals surface area contributed by atoms with Crippen LogP contribution in [0.5, 0.6) is 0 Å². The predicted octanol–water partition coefficient (Wildman–Crippen LogP) is 4.41. The van der Waals surface area contributed by atoms with Gasteiger partial charge in [0.25, 0.3) is 0 Å². The van der Waals surface area contributed by atoms with E-state index in [-0.39, 0.29) is 10.1 Å². The van der Waals surface area contributed by atoms with Gasteiger partial charge in [-0.1, -0.05) is 40.9 Å². The van der Waals surface area contributed by atoms with E-state index in [1.165, 1.54) is 20.3 Å². The monoisotopic (exact) mass is 483 g/mol. The van der Waals surface area contributed by atoms with Crippen molar-refractivity contribution in [3.05, 3.63) is 38.8 Å². The molecule has 2 fully saturated rings. The number of hydrogen-bond acceptors (Lipinski definition) is 4. The number of amides is 2. The van der Waals surface area contributed by atoms with Gasteiger partial charge in [0.05, 0.1) is 27.6 Å². The molecule has 4 rings (SSSR count). The predicted molar refractivity (Wildman–Crippen MR) is 108 cm³/mol. The first kappa shape index (κ1) is 20.7. The smallest absolute Gasteiger partial charge is 0.240 e. The summed E-state index contributed by atoms with van der Waals surface area (Å²) in [6.45, 7) is 1.81. The van der Waals surface area contributed by atoms with Gasteiger partial charge in [-0.25, -0.2) is 4.90 Å². The van der Waals surface area contributed by atoms with Crippen molar-refractivity contribution in [2.45, 2.75) is 22.5 Å². The molecular formula is C18H14Cl5NO4. The fourth-order valence-electron chi connectivity index (χ4n) is 4.68. The van der Waals surface area contributed by atoms with Gasteiger partial charge >= 0.3 is 0 Å². The molecule has 150 valence electrons. The molecule has 0 aromatic heterocycles. The maximum absolute atomic E-state index is 13.4. The van der Waals surface area contributed by atoms with Gasteiger partial charge in [-0.2, -0.15) is 0 Å². The van der Waals surface area contributed by atoms with E-state index in [4.69, 9.17) is 67.5 Å². The number of aryl methyl sites for hydroxylation is 1. The summed E-state index contributed by atoms with van der Waals surface area (Å²) < 4.78 is 11.1. The van der Waals surface area contributed by atoms with Crippen LogP contribution in [0, 0.1) is 18.8 Å². The Hall–Kier alpha value is -0.530. The van der Waals surface area contributed by atoms with Crippen molar-refractivity contribution < 1.29 is 19.1 Å². The highest BCUT2D eigenvalue weighted by molar-refractivity contribution is 6.54. The minimum absolute atomic E-state index is 0.0688. The van der Waals surface area contributed by atoms with E-state index >= 15 is 0 Å². The molecule has 1 saturated heterocycles. The molecule has 0 N–H and O–H groups in total. The number of carbonyl (C=O) groups excluding carboxylic acids is 2. The fourth-order valence-corrected chi connectivity index (χ4v) is 7.02. The van der Waals surface area contributed by atoms with Crippen LogP contribution >= 0.6 is 58.0 Å². The summed E-state index contributed by atoms with van der Waals surface area (Å²) in [6, 6.07) is 4.87. The SMILES string of the molecule is COC1(OC)[C@@]2(Cl)C(Cl)=C(Cl)[C@@]1(Cl)[C@H]1C(=O)N(c3ccc(C)c(Cl)c3)C(=O)[C@@H]12. The summed E-state index contributed by atoms with van der Waals surface area (Å²) in [5.74, 6) is -5.21. The normalized spacial score (nSPS) is 35.9. The Balaban J connectivity index is 1.92. The number of nitrogens with zero attached hydrogens (tertiary/aromatic N) is 1. The van der Waals surface area contributed by atoms with Gasteiger partial charge in [-0.3, -0.25) is 9.59 Å². The zero-order valence-corrected chi connectivity index (χ0v) is 18.6. The zero-order valence-electron chi connectivity index (χ0n) is 14.9. The molecule has 0 spiro atoms. The lowest BCUT2D eigenvalue weighted by molar-refractivity contribution is -0.221. The van der Waals surface area contributed by atoms with Crippen molar-refractivity contribution in [3.63, 3.8) is 0 Å². The van der Waals surface area contributed by atoms with Crippen molar-refractivity contribution in [2.75, 3.05) is 19.1 Å². The average molecular weight is 486 g/mol. The van der Waals surface area contributed by atoms with Gasteiger partial charge in [-0.15, -0.1) is 23.2 Å². The largest absolute Gasteiger partial charge is 0.350 e. The molecule has 5 nitrogen and oxygen atoms in total. The minimum atomic E-state index is -1.80. The lowest BCUT2D eigenvalue weighted by Gasteiger charge is -2.42. The van der Waals surface area contributed by atoms with Crippen molar-refractivity contribution in [3.8, 4) is 0 Å². The number of fused-ring (bicyclic) bond motifs is 5. The number of anilines is 1. The number of imide groups is 1. The molecule has 0 unspecified atom stereocenters. The third-order valence-corrected chi connectivity index (χ3v) is 8.96. The molecule has 10 heteroatoms. The first-order valence-electron chi connectivity index (χ1n) is 8.22. The van der Waals surface area contributed by atoms with Crippen LogP contribution in [0.1, 0.15) is 5.56 Å². The number of halogens is 5. The van der Waals surface area contributed by atoms with E-state index in [0.29, 0.717) is 10.7 Å². The molecule has 1 aliphatic heterocycles. The molecule has 2 aliphatic carbocycles. The van der Waals surface area contributed by atoms with Crippen LogP contribution in [0.3, 0.4) is 0 Å². The molecule has 28 heavy (non-hydrogen) atoms. The lowest BCUT2D eigenvalue weighted by Crippen LogP contribution is -2.60. The first-order chi connectivity index (χ1) is 13.0. The standard InChI is InChI=1S/C18H14Cl5NO4/c1-7-4-5-8(6-9(7)19)24-14(25)10-11(15(24)26)17(23)13(21)12(20)16(10,22)18(17,27-2)28-3/h4-6,10-11H,1-3H3/t10-,11-,16+,17+/m1/s1. The van der Waals surface area contributed by atoms with Gasteiger partial charge in [0, 0.05) is 19.2 Å². The molecule has 1 aromatic rings. The highest BCUT2D eigenvalue weighted by Gasteiger charge is 2.89. The van der Waals surface area contributed by atoms with Gasteiger partial charge in [0.2, 0.25) is 17.6 Å². The summed E-state index contributed by atoms with van der Waals surface area (Å²) in [6.07, 6.45) is 0. The highest BCUT2D eigenvalue weighted by atomic mass is 35.5. The molecule has 2 amide bonds. The van der Waals surface area contributed by atoms with Gasteiger partial charge < -0.3 is 9.47 Å². The van der Waals surface area contributed by atoms with E-state index in [1.54, 1.807) is 12.1 Å². The van der Waals surface area contributed by atoms with Crippen LogP contribution in [-0.4, -0.2) is 41.6 Å². The molecule has 1 saturated carbocycles. The Morgan fingerprint density at radius 1 is 0.929 bits per heavy atom. The Kier molecular flexibility index (Phi) is 4.62. The zero-order chi connectivity index (χ0) is 20.8. The van der Waals surface area contributed by atoms with E-state index in [1.807, 2.05) is 6.92 Å². The van der Waals surface area contributed by atoms with Gasteiger partial charge in [-0.05, 0) is 24.6 Å². The Morgan fingerprint density at radius 3 is 1.79 bits per heavy atom. The summed E-state index contributed by atoms with van der Waals surface area (Å²) in [5, 5.41) is 0.276. The van der Waals surface area contributed by atoms with Gasteiger partial charge in [0.1, 0.15) is 9.75 Å². The van der Waals surface area contributed by atoms with Crippen molar-refractivity contribution >= 4 is 75.5 Å². The summed E-state index contributed by atoms with van der Waals surface area (Å²) >= 11 is 32.8. The second kappa shape index (κ2) is 6.24. The van der Waals surface area contributed by atoms with Crippen molar-refractivity contribution in [1.29, 1.82) is 0 Å². The maximum Gasteiger partial charge on any atom is 0.240 e. The van der Waals surface area contributed by atoms with Crippen molar-refractivity contribution in [1.82, 2.24) is 0 Å². The number of alkyl halides is 2. The molecule has 1 aromatic carbocycles. The molecular weight excluding hydrogens is 471 g/mol. The van der Waals surface area contributed by atoms with E-state index < -0.39 is 39.2 Å². The highest BCUT2D eigenvalue weighted by Crippen LogP contribution is 2.75. The number of hydrogen-bond donors (Lipinski definition) is 0. The third kappa shape index (κ3) is 1.95. The van der Waals surface area contributed by atoms with Crippen LogP contribution in [0.25, 0.3) is 0 Å². The van der Waals surface area contributed by atoms with Crippen LogP contribution < -0.4 is 4.90 Å². The topological polar surface area (TPSA) is 55.8 Å². The average Bonchev–Trinajstić information content (AvgIpc) is 3.08. The number of ether oxygens (including phenoxy) is 2. The maximum atomic E-state index is 13.4. The number of carbonyl (C=O) groups is 2. The first-order valence-corrected chi connectivity index (χ1v) is 10.1. The Labute approximate surface area is 186 Å². The van der Waals surface area contributed by atoms with E-state index in [2.05, 4.69) is 0 Å². The number of methoxy groups -OCH3 is 2. The van der Waals surface area contributed by atoms with Crippen LogP contribution in [-0.2, 0) is 19.1 Å². The van der Waals surface area contributed by atoms with Crippen molar-refractivity contribution in [2.24, 2.45) is 11.8 Å². The molecule has 4 atom stereocenters. The molecule has 0 radical (unpaired) electrons. The van der Waals surface area contributed by atoms with E-state index in [0.717, 1.165) is 10.5 Å². The summed E-state index contributed by atoms with van der Waals surface area (Å²) in [4.78, 5) is 24.3. The third-order valence-electron chi connectivity index (χ3n) is 5.94. The Bertz CT molecular complexity index is 915. The quantitative estimate of drug-likeness (QED) is 0.362. The van der Waals surface area contributed by atoms with E-state index in [9.17, 15) is 9.59 Å². The number of benzene rings is 1. The van der Waals surface area contributed by atoms with Crippen LogP contribution in [0.2, 0.25) is 5.02 Å². The molecule has 3 aliphatic rings. The lowest BCUT2D eigenvalue weighted by atomic mass is 9.84. The summed E-state index contributed by atoms with van der Waals surface area (Å²) in [7, 11) is 2.62. The van der Waals surface area contributed by atoms with Gasteiger partial charge in [0.15, 0.2) is 0 Å². The second-order valence-corrected chi connectivity index (χ2v) is 9.33. The molecule has 2 bridgehead atoms. The second-order valence-electron chi connectivity index (χ2n) is 6.98.